The fourth-order valence-electron chi connectivity index (χ4n) is 2.45. The Labute approximate surface area is 124 Å². The highest BCUT2D eigenvalue weighted by atomic mass is 28.3. The van der Waals surface area contributed by atoms with Crippen LogP contribution in [-0.2, 0) is 6.42 Å². The Hall–Kier alpha value is -1.23. The molecule has 0 unspecified atom stereocenters. The normalized spacial score (nSPS) is 13.9. The Morgan fingerprint density at radius 3 is 2.19 bits per heavy atom. The minimum absolute atomic E-state index is 0.124. The van der Waals surface area contributed by atoms with Gasteiger partial charge in [-0.2, -0.15) is 13.2 Å². The lowest BCUT2D eigenvalue weighted by molar-refractivity contribution is -0.126. The Morgan fingerprint density at radius 1 is 1.05 bits per heavy atom. The van der Waals surface area contributed by atoms with Gasteiger partial charge in [0.1, 0.15) is 0 Å². The maximum Gasteiger partial charge on any atom is 0.393 e. The average molecular weight is 313 g/mol. The number of benzene rings is 1. The van der Waals surface area contributed by atoms with Crippen LogP contribution in [0.1, 0.15) is 26.3 Å². The van der Waals surface area contributed by atoms with Gasteiger partial charge in [0.25, 0.3) is 0 Å². The fraction of sp³-hybridized carbons (Fsp3) is 0.500. The van der Waals surface area contributed by atoms with Crippen LogP contribution in [0.25, 0.3) is 10.9 Å². The van der Waals surface area contributed by atoms with Crippen molar-refractivity contribution in [2.45, 2.75) is 51.5 Å². The second-order valence-corrected chi connectivity index (χ2v) is 12.2. The third-order valence-electron chi connectivity index (χ3n) is 4.65. The highest BCUT2D eigenvalue weighted by Gasteiger charge is 2.38. The second-order valence-electron chi connectivity index (χ2n) is 7.14. The summed E-state index contributed by atoms with van der Waals surface area (Å²) in [6.45, 7) is 11.1. The first-order valence-corrected chi connectivity index (χ1v) is 10.0. The number of rotatable bonds is 2. The highest BCUT2D eigenvalue weighted by molar-refractivity contribution is 6.79. The molecule has 116 valence electrons. The van der Waals surface area contributed by atoms with Crippen LogP contribution in [0.3, 0.4) is 0 Å². The predicted molar refractivity (Wildman–Crippen MR) is 84.3 cm³/mol. The van der Waals surface area contributed by atoms with Crippen LogP contribution in [0.4, 0.5) is 13.2 Å². The van der Waals surface area contributed by atoms with Crippen LogP contribution in [0.15, 0.2) is 30.5 Å². The van der Waals surface area contributed by atoms with Crippen LogP contribution in [0.2, 0.25) is 18.1 Å². The summed E-state index contributed by atoms with van der Waals surface area (Å²) in [5, 5.41) is 0.846. The molecule has 0 aliphatic rings. The number of fused-ring (bicyclic) bond motifs is 1. The Balaban J connectivity index is 2.59. The van der Waals surface area contributed by atoms with E-state index in [1.165, 1.54) is 0 Å². The fourth-order valence-corrected chi connectivity index (χ4v) is 4.42. The molecule has 0 atom stereocenters. The molecule has 0 radical (unpaired) electrons. The number of hydrogen-bond donors (Lipinski definition) is 0. The Bertz CT molecular complexity index is 648. The molecule has 2 aromatic rings. The standard InChI is InChI=1S/C16H22F3NSi/c1-15(2,3)21(4,5)20-10-9-13-12(11-16(17,18)19)7-6-8-14(13)20/h6-10H,11H2,1-5H3. The number of aromatic nitrogens is 1. The molecule has 5 heteroatoms. The zero-order valence-corrected chi connectivity index (χ0v) is 14.2. The van der Waals surface area contributed by atoms with Crippen molar-refractivity contribution < 1.29 is 13.2 Å². The quantitative estimate of drug-likeness (QED) is 0.636. The van der Waals surface area contributed by atoms with E-state index in [2.05, 4.69) is 38.1 Å². The van der Waals surface area contributed by atoms with E-state index in [0.717, 1.165) is 10.9 Å². The molecular formula is C16H22F3NSi. The van der Waals surface area contributed by atoms with Crippen LogP contribution < -0.4 is 0 Å². The summed E-state index contributed by atoms with van der Waals surface area (Å²) in [5.74, 6) is 0. The first kappa shape index (κ1) is 16.1. The molecule has 0 saturated heterocycles. The Morgan fingerprint density at radius 2 is 1.67 bits per heavy atom. The SMILES string of the molecule is CC(C)(C)[Si](C)(C)n1ccc2c(CC(F)(F)F)cccc21. The number of nitrogens with zero attached hydrogens (tertiary/aromatic N) is 1. The third-order valence-corrected chi connectivity index (χ3v) is 9.92. The lowest BCUT2D eigenvalue weighted by Gasteiger charge is -2.38. The van der Waals surface area contributed by atoms with E-state index in [0.29, 0.717) is 5.56 Å². The van der Waals surface area contributed by atoms with Crippen molar-refractivity contribution in [3.63, 3.8) is 0 Å². The van der Waals surface area contributed by atoms with Crippen molar-refractivity contribution in [2.24, 2.45) is 0 Å². The van der Waals surface area contributed by atoms with Crippen molar-refractivity contribution in [3.05, 3.63) is 36.0 Å². The van der Waals surface area contributed by atoms with E-state index in [4.69, 9.17) is 0 Å². The third kappa shape index (κ3) is 3.02. The summed E-state index contributed by atoms with van der Waals surface area (Å²) >= 11 is 0. The molecule has 0 saturated carbocycles. The number of hydrogen-bond acceptors (Lipinski definition) is 0. The lowest BCUT2D eigenvalue weighted by Crippen LogP contribution is -2.44. The average Bonchev–Trinajstić information content (AvgIpc) is 2.70. The van der Waals surface area contributed by atoms with Gasteiger partial charge in [0, 0.05) is 10.9 Å². The molecule has 0 bridgehead atoms. The van der Waals surface area contributed by atoms with Gasteiger partial charge in [0.05, 0.1) is 6.42 Å². The van der Waals surface area contributed by atoms with Crippen molar-refractivity contribution >= 4 is 19.1 Å². The van der Waals surface area contributed by atoms with Crippen molar-refractivity contribution in [1.29, 1.82) is 0 Å². The largest absolute Gasteiger partial charge is 0.393 e. The maximum atomic E-state index is 12.7. The number of alkyl halides is 3. The molecular weight excluding hydrogens is 291 g/mol. The van der Waals surface area contributed by atoms with Crippen LogP contribution in [-0.4, -0.2) is 18.6 Å². The molecule has 2 rings (SSSR count). The second kappa shape index (κ2) is 4.90. The molecule has 0 aliphatic carbocycles. The maximum absolute atomic E-state index is 12.7. The monoisotopic (exact) mass is 313 g/mol. The summed E-state index contributed by atoms with van der Waals surface area (Å²) in [5.41, 5.74) is 1.28. The van der Waals surface area contributed by atoms with Gasteiger partial charge in [-0.05, 0) is 28.9 Å². The summed E-state index contributed by atoms with van der Waals surface area (Å²) in [6.07, 6.45) is -3.08. The van der Waals surface area contributed by atoms with E-state index in [1.807, 2.05) is 18.3 Å². The Kier molecular flexibility index (Phi) is 3.77. The van der Waals surface area contributed by atoms with E-state index in [-0.39, 0.29) is 5.04 Å². The molecule has 0 aliphatic heterocycles. The summed E-state index contributed by atoms with van der Waals surface area (Å²) in [7, 11) is -1.84. The first-order chi connectivity index (χ1) is 9.43. The zero-order chi connectivity index (χ0) is 16.1. The molecule has 1 aromatic heterocycles. The summed E-state index contributed by atoms with van der Waals surface area (Å²) in [4.78, 5) is 0. The minimum atomic E-state index is -4.17. The van der Waals surface area contributed by atoms with Crippen molar-refractivity contribution in [2.75, 3.05) is 0 Å². The highest BCUT2D eigenvalue weighted by Crippen LogP contribution is 2.39. The van der Waals surface area contributed by atoms with Gasteiger partial charge in [0.15, 0.2) is 8.24 Å². The minimum Gasteiger partial charge on any atom is -0.374 e. The number of halogens is 3. The van der Waals surface area contributed by atoms with Crippen LogP contribution >= 0.6 is 0 Å². The van der Waals surface area contributed by atoms with Crippen molar-refractivity contribution in [1.82, 2.24) is 4.23 Å². The molecule has 1 heterocycles. The van der Waals surface area contributed by atoms with Gasteiger partial charge in [-0.3, -0.25) is 0 Å². The van der Waals surface area contributed by atoms with Gasteiger partial charge in [-0.25, -0.2) is 0 Å². The zero-order valence-electron chi connectivity index (χ0n) is 13.2. The van der Waals surface area contributed by atoms with E-state index >= 15 is 0 Å². The lowest BCUT2D eigenvalue weighted by atomic mass is 10.1. The topological polar surface area (TPSA) is 4.93 Å². The van der Waals surface area contributed by atoms with Gasteiger partial charge in [-0.15, -0.1) is 0 Å². The van der Waals surface area contributed by atoms with Crippen LogP contribution in [0.5, 0.6) is 0 Å². The molecule has 0 amide bonds. The molecule has 0 N–H and O–H groups in total. The molecule has 21 heavy (non-hydrogen) atoms. The summed E-state index contributed by atoms with van der Waals surface area (Å²) < 4.78 is 40.3. The van der Waals surface area contributed by atoms with E-state index in [1.54, 1.807) is 12.1 Å². The van der Waals surface area contributed by atoms with Gasteiger partial charge in [-0.1, -0.05) is 46.0 Å². The molecule has 0 spiro atoms. The van der Waals surface area contributed by atoms with Gasteiger partial charge >= 0.3 is 6.18 Å². The molecule has 0 fully saturated rings. The van der Waals surface area contributed by atoms with E-state index in [9.17, 15) is 13.2 Å². The predicted octanol–water partition coefficient (Wildman–Crippen LogP) is 5.60. The van der Waals surface area contributed by atoms with Gasteiger partial charge in [0.2, 0.25) is 0 Å². The summed E-state index contributed by atoms with van der Waals surface area (Å²) in [6, 6.07) is 7.06. The van der Waals surface area contributed by atoms with Gasteiger partial charge < -0.3 is 4.23 Å². The molecule has 1 aromatic carbocycles. The smallest absolute Gasteiger partial charge is 0.374 e. The van der Waals surface area contributed by atoms with Crippen LogP contribution in [0, 0.1) is 0 Å². The van der Waals surface area contributed by atoms with E-state index < -0.39 is 20.8 Å². The van der Waals surface area contributed by atoms with Crippen molar-refractivity contribution in [3.8, 4) is 0 Å². The molecule has 1 nitrogen and oxygen atoms in total. The first-order valence-electron chi connectivity index (χ1n) is 7.10.